The van der Waals surface area contributed by atoms with Gasteiger partial charge in [0.2, 0.25) is 0 Å². The molecule has 1 N–H and O–H groups in total. The minimum atomic E-state index is -0.938. The zero-order valence-corrected chi connectivity index (χ0v) is 9.21. The first-order chi connectivity index (χ1) is 6.43. The summed E-state index contributed by atoms with van der Waals surface area (Å²) in [5.41, 5.74) is -1.64. The number of rotatable bonds is 3. The van der Waals surface area contributed by atoms with Crippen molar-refractivity contribution in [2.24, 2.45) is 11.3 Å². The number of hydrogen-bond acceptors (Lipinski definition) is 3. The van der Waals surface area contributed by atoms with E-state index in [-0.39, 0.29) is 0 Å². The van der Waals surface area contributed by atoms with E-state index >= 15 is 0 Å². The van der Waals surface area contributed by atoms with Crippen LogP contribution < -0.4 is 0 Å². The third-order valence-corrected chi connectivity index (χ3v) is 3.07. The molecule has 1 aliphatic heterocycles. The molecule has 0 spiro atoms. The van der Waals surface area contributed by atoms with Gasteiger partial charge in [-0.1, -0.05) is 13.8 Å². The second kappa shape index (κ2) is 3.88. The summed E-state index contributed by atoms with van der Waals surface area (Å²) >= 11 is 0. The van der Waals surface area contributed by atoms with Gasteiger partial charge in [-0.2, -0.15) is 5.26 Å². The molecule has 2 unspecified atom stereocenters. The highest BCUT2D eigenvalue weighted by molar-refractivity contribution is 5.12. The number of hydrogen-bond donors (Lipinski definition) is 1. The Bertz CT molecular complexity index is 234. The Morgan fingerprint density at radius 1 is 1.64 bits per heavy atom. The van der Waals surface area contributed by atoms with Crippen LogP contribution in [0.1, 0.15) is 33.6 Å². The first-order valence-electron chi connectivity index (χ1n) is 5.15. The van der Waals surface area contributed by atoms with E-state index in [4.69, 9.17) is 4.74 Å². The zero-order valence-electron chi connectivity index (χ0n) is 9.21. The Kier molecular flexibility index (Phi) is 3.18. The maximum atomic E-state index is 10.3. The quantitative estimate of drug-likeness (QED) is 0.749. The lowest BCUT2D eigenvalue weighted by Gasteiger charge is -2.37. The molecule has 1 fully saturated rings. The van der Waals surface area contributed by atoms with Crippen molar-refractivity contribution < 1.29 is 9.84 Å². The van der Waals surface area contributed by atoms with Crippen LogP contribution in [0.4, 0.5) is 0 Å². The molecule has 0 radical (unpaired) electrons. The lowest BCUT2D eigenvalue weighted by atomic mass is 9.70. The minimum Gasteiger partial charge on any atom is -0.388 e. The van der Waals surface area contributed by atoms with Crippen LogP contribution in [0.25, 0.3) is 0 Å². The van der Waals surface area contributed by atoms with Crippen molar-refractivity contribution in [2.75, 3.05) is 13.2 Å². The lowest BCUT2D eigenvalue weighted by molar-refractivity contribution is -0.0571. The van der Waals surface area contributed by atoms with E-state index in [1.54, 1.807) is 6.92 Å². The van der Waals surface area contributed by atoms with Crippen molar-refractivity contribution >= 4 is 0 Å². The van der Waals surface area contributed by atoms with Crippen molar-refractivity contribution in [3.8, 4) is 6.07 Å². The van der Waals surface area contributed by atoms with Gasteiger partial charge in [0.1, 0.15) is 5.41 Å². The summed E-state index contributed by atoms with van der Waals surface area (Å²) in [6, 6.07) is 2.25. The van der Waals surface area contributed by atoms with Gasteiger partial charge in [-0.25, -0.2) is 0 Å². The molecule has 0 saturated carbocycles. The van der Waals surface area contributed by atoms with Crippen LogP contribution in [0.15, 0.2) is 0 Å². The molecule has 1 heterocycles. The topological polar surface area (TPSA) is 53.2 Å². The van der Waals surface area contributed by atoms with Crippen LogP contribution in [0.2, 0.25) is 0 Å². The average molecular weight is 197 g/mol. The molecule has 14 heavy (non-hydrogen) atoms. The first-order valence-corrected chi connectivity index (χ1v) is 5.15. The van der Waals surface area contributed by atoms with Gasteiger partial charge in [0, 0.05) is 6.61 Å². The predicted octanol–water partition coefficient (Wildman–Crippen LogP) is 1.71. The van der Waals surface area contributed by atoms with Crippen LogP contribution in [0, 0.1) is 22.7 Å². The predicted molar refractivity (Wildman–Crippen MR) is 53.6 cm³/mol. The summed E-state index contributed by atoms with van der Waals surface area (Å²) in [4.78, 5) is 0. The molecule has 0 amide bonds. The molecular weight excluding hydrogens is 178 g/mol. The first kappa shape index (κ1) is 11.5. The van der Waals surface area contributed by atoms with Gasteiger partial charge in [0.15, 0.2) is 0 Å². The van der Waals surface area contributed by atoms with Crippen LogP contribution in [-0.2, 0) is 4.74 Å². The fourth-order valence-electron chi connectivity index (χ4n) is 2.19. The van der Waals surface area contributed by atoms with Gasteiger partial charge in [-0.15, -0.1) is 0 Å². The maximum Gasteiger partial charge on any atom is 0.111 e. The Labute approximate surface area is 85.7 Å². The van der Waals surface area contributed by atoms with E-state index in [9.17, 15) is 10.4 Å². The van der Waals surface area contributed by atoms with E-state index in [1.807, 2.05) is 0 Å². The van der Waals surface area contributed by atoms with E-state index in [0.717, 1.165) is 0 Å². The molecule has 3 heteroatoms. The molecule has 80 valence electrons. The molecule has 0 aromatic rings. The molecular formula is C11H19NO2. The zero-order chi connectivity index (χ0) is 10.8. The van der Waals surface area contributed by atoms with Gasteiger partial charge >= 0.3 is 0 Å². The van der Waals surface area contributed by atoms with Gasteiger partial charge in [0.05, 0.1) is 18.3 Å². The monoisotopic (exact) mass is 197 g/mol. The Morgan fingerprint density at radius 2 is 2.29 bits per heavy atom. The molecule has 1 aliphatic rings. The van der Waals surface area contributed by atoms with E-state index in [0.29, 0.717) is 32.0 Å². The van der Waals surface area contributed by atoms with Gasteiger partial charge < -0.3 is 9.84 Å². The van der Waals surface area contributed by atoms with Crippen molar-refractivity contribution in [1.82, 2.24) is 0 Å². The number of ether oxygens (including phenoxy) is 1. The minimum absolute atomic E-state index is 0.364. The SMILES string of the molecule is CC(C)CC(C)(O)C1(C#N)CCOC1. The third kappa shape index (κ3) is 1.92. The molecule has 0 aromatic carbocycles. The number of nitrogens with zero attached hydrogens (tertiary/aromatic N) is 1. The Balaban J connectivity index is 2.82. The highest BCUT2D eigenvalue weighted by Crippen LogP contribution is 2.42. The second-order valence-electron chi connectivity index (χ2n) is 4.87. The van der Waals surface area contributed by atoms with Gasteiger partial charge in [-0.05, 0) is 25.7 Å². The van der Waals surface area contributed by atoms with E-state index in [2.05, 4.69) is 19.9 Å². The maximum absolute atomic E-state index is 10.3. The smallest absolute Gasteiger partial charge is 0.111 e. The largest absolute Gasteiger partial charge is 0.388 e. The summed E-state index contributed by atoms with van der Waals surface area (Å²) in [6.45, 7) is 6.81. The normalized spacial score (nSPS) is 31.4. The van der Waals surface area contributed by atoms with E-state index in [1.165, 1.54) is 0 Å². The molecule has 2 atom stereocenters. The summed E-state index contributed by atoms with van der Waals surface area (Å²) < 4.78 is 5.24. The highest BCUT2D eigenvalue weighted by Gasteiger charge is 2.50. The molecule has 0 aliphatic carbocycles. The average Bonchev–Trinajstić information content (AvgIpc) is 2.50. The standard InChI is InChI=1S/C11H19NO2/c1-9(2)6-10(3,13)11(7-12)4-5-14-8-11/h9,13H,4-6,8H2,1-3H3. The lowest BCUT2D eigenvalue weighted by Crippen LogP contribution is -2.46. The molecule has 1 saturated heterocycles. The number of aliphatic hydroxyl groups is 1. The van der Waals surface area contributed by atoms with Gasteiger partial charge in [-0.3, -0.25) is 0 Å². The summed E-state index contributed by atoms with van der Waals surface area (Å²) in [5.74, 6) is 0.385. The molecule has 1 rings (SSSR count). The molecule has 0 bridgehead atoms. The van der Waals surface area contributed by atoms with Gasteiger partial charge in [0.25, 0.3) is 0 Å². The van der Waals surface area contributed by atoms with Crippen molar-refractivity contribution in [3.63, 3.8) is 0 Å². The third-order valence-electron chi connectivity index (χ3n) is 3.07. The Morgan fingerprint density at radius 3 is 2.64 bits per heavy atom. The van der Waals surface area contributed by atoms with Crippen molar-refractivity contribution in [2.45, 2.75) is 39.2 Å². The van der Waals surface area contributed by atoms with Crippen LogP contribution in [0.5, 0.6) is 0 Å². The fraction of sp³-hybridized carbons (Fsp3) is 0.909. The number of nitriles is 1. The van der Waals surface area contributed by atoms with Crippen LogP contribution in [0.3, 0.4) is 0 Å². The van der Waals surface area contributed by atoms with E-state index < -0.39 is 11.0 Å². The van der Waals surface area contributed by atoms with Crippen molar-refractivity contribution in [3.05, 3.63) is 0 Å². The Hall–Kier alpha value is -0.590. The molecule has 3 nitrogen and oxygen atoms in total. The molecule has 0 aromatic heterocycles. The highest BCUT2D eigenvalue weighted by atomic mass is 16.5. The van der Waals surface area contributed by atoms with Crippen LogP contribution in [-0.4, -0.2) is 23.9 Å². The second-order valence-corrected chi connectivity index (χ2v) is 4.87. The fourth-order valence-corrected chi connectivity index (χ4v) is 2.19. The van der Waals surface area contributed by atoms with Crippen LogP contribution >= 0.6 is 0 Å². The summed E-state index contributed by atoms with van der Waals surface area (Å²) in [6.07, 6.45) is 1.28. The summed E-state index contributed by atoms with van der Waals surface area (Å²) in [7, 11) is 0. The summed E-state index contributed by atoms with van der Waals surface area (Å²) in [5, 5.41) is 19.5. The van der Waals surface area contributed by atoms with Crippen molar-refractivity contribution in [1.29, 1.82) is 5.26 Å².